The Balaban J connectivity index is 1.36. The number of ketones is 1. The van der Waals surface area contributed by atoms with Crippen molar-refractivity contribution >= 4 is 34.0 Å². The molecule has 0 bridgehead atoms. The number of aromatic nitrogens is 1. The molecule has 2 saturated heterocycles. The molecule has 3 fully saturated rings. The number of likely N-dealkylation sites (tertiary alicyclic amines) is 1. The van der Waals surface area contributed by atoms with Crippen LogP contribution in [0.3, 0.4) is 0 Å². The van der Waals surface area contributed by atoms with Gasteiger partial charge in [-0.3, -0.25) is 9.78 Å². The van der Waals surface area contributed by atoms with Gasteiger partial charge in [0.1, 0.15) is 5.75 Å². The van der Waals surface area contributed by atoms with Gasteiger partial charge in [0.25, 0.3) is 0 Å². The van der Waals surface area contributed by atoms with E-state index in [2.05, 4.69) is 15.9 Å². The highest BCUT2D eigenvalue weighted by Crippen LogP contribution is 2.40. The summed E-state index contributed by atoms with van der Waals surface area (Å²) in [7, 11) is 0. The monoisotopic (exact) mass is 489 g/mol. The number of hydrogen-bond donors (Lipinski definition) is 1. The number of piperidine rings is 1. The minimum Gasteiger partial charge on any atom is -0.506 e. The fraction of sp³-hybridized carbons (Fsp3) is 0.448. The first-order valence-corrected chi connectivity index (χ1v) is 13.4. The lowest BCUT2D eigenvalue weighted by molar-refractivity contribution is 0.0968. The van der Waals surface area contributed by atoms with E-state index in [9.17, 15) is 9.90 Å². The molecule has 0 unspecified atom stereocenters. The molecule has 5 nitrogen and oxygen atoms in total. The van der Waals surface area contributed by atoms with Crippen LogP contribution in [0, 0.1) is 11.8 Å². The van der Waals surface area contributed by atoms with Crippen molar-refractivity contribution in [2.75, 3.05) is 37.6 Å². The molecule has 3 heterocycles. The molecular formula is C29H32ClN3O2. The molecule has 6 rings (SSSR count). The third-order valence-electron chi connectivity index (χ3n) is 7.98. The molecule has 1 saturated carbocycles. The van der Waals surface area contributed by atoms with E-state index in [0.29, 0.717) is 5.02 Å². The molecule has 6 heteroatoms. The zero-order valence-corrected chi connectivity index (χ0v) is 20.8. The number of anilines is 1. The van der Waals surface area contributed by atoms with E-state index in [1.807, 2.05) is 24.4 Å². The second kappa shape index (κ2) is 9.44. The first-order chi connectivity index (χ1) is 17.1. The minimum absolute atomic E-state index is 0.0766. The maximum atomic E-state index is 13.3. The van der Waals surface area contributed by atoms with Crippen molar-refractivity contribution in [3.05, 3.63) is 53.2 Å². The van der Waals surface area contributed by atoms with Gasteiger partial charge in [0, 0.05) is 37.1 Å². The Morgan fingerprint density at radius 1 is 0.971 bits per heavy atom. The van der Waals surface area contributed by atoms with Gasteiger partial charge in [-0.2, -0.15) is 0 Å². The third-order valence-corrected chi connectivity index (χ3v) is 8.28. The van der Waals surface area contributed by atoms with Gasteiger partial charge in [0.15, 0.2) is 5.78 Å². The van der Waals surface area contributed by atoms with Gasteiger partial charge in [-0.15, -0.1) is 0 Å². The van der Waals surface area contributed by atoms with E-state index < -0.39 is 0 Å². The van der Waals surface area contributed by atoms with Gasteiger partial charge in [-0.1, -0.05) is 23.7 Å². The molecule has 1 aromatic heterocycles. The van der Waals surface area contributed by atoms with Gasteiger partial charge < -0.3 is 14.9 Å². The summed E-state index contributed by atoms with van der Waals surface area (Å²) in [6, 6.07) is 11.5. The highest BCUT2D eigenvalue weighted by Gasteiger charge is 2.34. The molecule has 2 aliphatic heterocycles. The Morgan fingerprint density at radius 2 is 1.69 bits per heavy atom. The molecule has 182 valence electrons. The summed E-state index contributed by atoms with van der Waals surface area (Å²) in [6.45, 7) is 5.65. The first kappa shape index (κ1) is 22.8. The number of rotatable bonds is 6. The van der Waals surface area contributed by atoms with Crippen molar-refractivity contribution in [2.45, 2.75) is 38.5 Å². The third kappa shape index (κ3) is 4.64. The normalized spacial score (nSPS) is 19.5. The number of aromatic hydroxyl groups is 1. The number of fused-ring (bicyclic) bond motifs is 1. The Hall–Kier alpha value is -2.63. The quantitative estimate of drug-likeness (QED) is 0.420. The van der Waals surface area contributed by atoms with Crippen molar-refractivity contribution in [3.8, 4) is 16.9 Å². The second-order valence-corrected chi connectivity index (χ2v) is 10.9. The van der Waals surface area contributed by atoms with Crippen molar-refractivity contribution < 1.29 is 9.90 Å². The van der Waals surface area contributed by atoms with Crippen LogP contribution < -0.4 is 4.90 Å². The number of pyridine rings is 1. The van der Waals surface area contributed by atoms with E-state index in [-0.39, 0.29) is 17.5 Å². The summed E-state index contributed by atoms with van der Waals surface area (Å²) in [4.78, 5) is 23.1. The van der Waals surface area contributed by atoms with Crippen LogP contribution in [0.2, 0.25) is 5.02 Å². The van der Waals surface area contributed by atoms with Crippen molar-refractivity contribution in [1.82, 2.24) is 9.88 Å². The number of benzene rings is 2. The van der Waals surface area contributed by atoms with Crippen LogP contribution >= 0.6 is 11.6 Å². The Bertz CT molecular complexity index is 1260. The number of halogens is 1. The van der Waals surface area contributed by atoms with Gasteiger partial charge >= 0.3 is 0 Å². The maximum Gasteiger partial charge on any atom is 0.169 e. The molecule has 1 N–H and O–H groups in total. The number of Topliss-reactive ketones (excluding diaryl/α,β-unsaturated/α-hetero) is 1. The molecule has 0 spiro atoms. The second-order valence-electron chi connectivity index (χ2n) is 10.5. The van der Waals surface area contributed by atoms with Crippen LogP contribution in [-0.2, 0) is 0 Å². The predicted molar refractivity (Wildman–Crippen MR) is 142 cm³/mol. The van der Waals surface area contributed by atoms with E-state index >= 15 is 0 Å². The number of phenolic OH excluding ortho intramolecular Hbond substituents is 1. The van der Waals surface area contributed by atoms with Crippen LogP contribution in [-0.4, -0.2) is 53.5 Å². The summed E-state index contributed by atoms with van der Waals surface area (Å²) in [5, 5.41) is 11.2. The lowest BCUT2D eigenvalue weighted by atomic mass is 9.93. The largest absolute Gasteiger partial charge is 0.506 e. The van der Waals surface area contributed by atoms with E-state index in [1.165, 1.54) is 32.5 Å². The number of hydrogen-bond acceptors (Lipinski definition) is 5. The summed E-state index contributed by atoms with van der Waals surface area (Å²) in [6.07, 6.45) is 8.77. The maximum absolute atomic E-state index is 13.3. The van der Waals surface area contributed by atoms with Gasteiger partial charge in [0.2, 0.25) is 0 Å². The van der Waals surface area contributed by atoms with Crippen molar-refractivity contribution in [1.29, 1.82) is 0 Å². The molecule has 0 atom stereocenters. The number of carbonyl (C=O) groups is 1. The summed E-state index contributed by atoms with van der Waals surface area (Å²) in [5.74, 6) is 1.20. The van der Waals surface area contributed by atoms with Crippen LogP contribution in [0.4, 0.5) is 5.69 Å². The van der Waals surface area contributed by atoms with Crippen LogP contribution in [0.1, 0.15) is 48.9 Å². The van der Waals surface area contributed by atoms with Crippen molar-refractivity contribution in [2.24, 2.45) is 11.8 Å². The fourth-order valence-electron chi connectivity index (χ4n) is 5.80. The smallest absolute Gasteiger partial charge is 0.169 e. The lowest BCUT2D eigenvalue weighted by Crippen LogP contribution is -2.39. The summed E-state index contributed by atoms with van der Waals surface area (Å²) in [5.41, 5.74) is 4.67. The average Bonchev–Trinajstić information content (AvgIpc) is 3.61. The molecule has 0 amide bonds. The molecule has 3 aromatic rings. The summed E-state index contributed by atoms with van der Waals surface area (Å²) < 4.78 is 0. The molecule has 35 heavy (non-hydrogen) atoms. The van der Waals surface area contributed by atoms with E-state index in [4.69, 9.17) is 16.6 Å². The summed E-state index contributed by atoms with van der Waals surface area (Å²) >= 11 is 6.20. The first-order valence-electron chi connectivity index (χ1n) is 13.0. The molecular weight excluding hydrogens is 458 g/mol. The topological polar surface area (TPSA) is 56.7 Å². The molecule has 0 radical (unpaired) electrons. The zero-order chi connectivity index (χ0) is 23.9. The Kier molecular flexibility index (Phi) is 6.15. The Morgan fingerprint density at radius 3 is 2.40 bits per heavy atom. The SMILES string of the molecule is O=C(c1cnc2ccc(-c3ccc(O)c(Cl)c3)cc2c1N1CCC(CN2CCCC2)CC1)C1CC1. The zero-order valence-electron chi connectivity index (χ0n) is 20.0. The average molecular weight is 490 g/mol. The minimum atomic E-state index is 0.0766. The number of nitrogens with zero attached hydrogens (tertiary/aromatic N) is 3. The van der Waals surface area contributed by atoms with Gasteiger partial charge in [0.05, 0.1) is 21.8 Å². The van der Waals surface area contributed by atoms with Crippen molar-refractivity contribution in [3.63, 3.8) is 0 Å². The van der Waals surface area contributed by atoms with E-state index in [1.54, 1.807) is 12.1 Å². The predicted octanol–water partition coefficient (Wildman–Crippen LogP) is 6.17. The fourth-order valence-corrected chi connectivity index (χ4v) is 5.98. The van der Waals surface area contributed by atoms with Gasteiger partial charge in [-0.25, -0.2) is 0 Å². The lowest BCUT2D eigenvalue weighted by Gasteiger charge is -2.36. The number of phenols is 1. The van der Waals surface area contributed by atoms with Crippen LogP contribution in [0.25, 0.3) is 22.0 Å². The Labute approximate surface area is 211 Å². The molecule has 3 aliphatic rings. The standard InChI is InChI=1S/C29H32ClN3O2/c30-25-16-22(6-8-27(25)34)21-5-7-26-23(15-21)28(24(17-31-26)29(35)20-3-4-20)33-13-9-19(10-14-33)18-32-11-1-2-12-32/h5-8,15-17,19-20,34H,1-4,9-14,18H2. The van der Waals surface area contributed by atoms with E-state index in [0.717, 1.165) is 78.0 Å². The molecule has 2 aromatic carbocycles. The number of carbonyl (C=O) groups excluding carboxylic acids is 1. The molecule has 1 aliphatic carbocycles. The van der Waals surface area contributed by atoms with Crippen LogP contribution in [0.15, 0.2) is 42.6 Å². The highest BCUT2D eigenvalue weighted by molar-refractivity contribution is 6.32. The highest BCUT2D eigenvalue weighted by atomic mass is 35.5. The van der Waals surface area contributed by atoms with Gasteiger partial charge in [-0.05, 0) is 92.9 Å². The van der Waals surface area contributed by atoms with Crippen LogP contribution in [0.5, 0.6) is 5.75 Å².